The minimum Gasteiger partial charge on any atom is -0.493 e. The van der Waals surface area contributed by atoms with Gasteiger partial charge in [-0.3, -0.25) is 4.79 Å². The third-order valence-corrected chi connectivity index (χ3v) is 3.42. The molecule has 1 aromatic heterocycles. The molecule has 2 rings (SSSR count). The third kappa shape index (κ3) is 4.89. The number of amides is 1. The fourth-order valence-corrected chi connectivity index (χ4v) is 2.14. The largest absolute Gasteiger partial charge is 0.493 e. The normalized spacial score (nSPS) is 12.1. The van der Waals surface area contributed by atoms with Crippen LogP contribution in [0.25, 0.3) is 6.08 Å². The quantitative estimate of drug-likeness (QED) is 0.727. The van der Waals surface area contributed by atoms with Gasteiger partial charge in [0.05, 0.1) is 20.5 Å². The SMILES string of the molecule is COc1ccc(/C=C/C(=O)NCCC(O)c2ccco2)cc1OC. The zero-order valence-electron chi connectivity index (χ0n) is 13.7. The number of nitrogens with one attached hydrogen (secondary N) is 1. The summed E-state index contributed by atoms with van der Waals surface area (Å²) in [6.45, 7) is 0.344. The van der Waals surface area contributed by atoms with E-state index in [4.69, 9.17) is 13.9 Å². The Labute approximate surface area is 140 Å². The molecule has 0 aliphatic carbocycles. The van der Waals surface area contributed by atoms with Crippen molar-refractivity contribution in [1.82, 2.24) is 5.32 Å². The van der Waals surface area contributed by atoms with E-state index < -0.39 is 6.10 Å². The zero-order valence-corrected chi connectivity index (χ0v) is 13.7. The molecule has 0 spiro atoms. The molecule has 1 aromatic carbocycles. The lowest BCUT2D eigenvalue weighted by Gasteiger charge is -2.08. The van der Waals surface area contributed by atoms with Crippen LogP contribution in [0.15, 0.2) is 47.1 Å². The summed E-state index contributed by atoms with van der Waals surface area (Å²) < 4.78 is 15.5. The Morgan fingerprint density at radius 1 is 1.29 bits per heavy atom. The molecule has 128 valence electrons. The molecule has 2 N–H and O–H groups in total. The number of carbonyl (C=O) groups excluding carboxylic acids is 1. The summed E-state index contributed by atoms with van der Waals surface area (Å²) in [5, 5.41) is 12.6. The second kappa shape index (κ2) is 8.79. The predicted molar refractivity (Wildman–Crippen MR) is 89.9 cm³/mol. The highest BCUT2D eigenvalue weighted by Crippen LogP contribution is 2.27. The molecule has 1 amide bonds. The Balaban J connectivity index is 1.82. The number of hydrogen-bond acceptors (Lipinski definition) is 5. The van der Waals surface area contributed by atoms with E-state index in [1.54, 1.807) is 44.6 Å². The van der Waals surface area contributed by atoms with Crippen LogP contribution in [0.4, 0.5) is 0 Å². The second-order valence-corrected chi connectivity index (χ2v) is 5.06. The molecule has 0 bridgehead atoms. The number of methoxy groups -OCH3 is 2. The fraction of sp³-hybridized carbons (Fsp3) is 0.278. The van der Waals surface area contributed by atoms with E-state index in [1.165, 1.54) is 12.3 Å². The van der Waals surface area contributed by atoms with Crippen LogP contribution in [0.3, 0.4) is 0 Å². The number of aliphatic hydroxyl groups excluding tert-OH is 1. The maximum Gasteiger partial charge on any atom is 0.244 e. The molecule has 0 saturated heterocycles. The molecule has 0 fully saturated rings. The van der Waals surface area contributed by atoms with E-state index in [1.807, 2.05) is 6.07 Å². The topological polar surface area (TPSA) is 80.9 Å². The summed E-state index contributed by atoms with van der Waals surface area (Å²) in [5.74, 6) is 1.48. The van der Waals surface area contributed by atoms with Gasteiger partial charge in [0.25, 0.3) is 0 Å². The lowest BCUT2D eigenvalue weighted by molar-refractivity contribution is -0.116. The first-order valence-corrected chi connectivity index (χ1v) is 7.53. The Morgan fingerprint density at radius 2 is 2.08 bits per heavy atom. The van der Waals surface area contributed by atoms with Crippen LogP contribution in [0, 0.1) is 0 Å². The number of furan rings is 1. The van der Waals surface area contributed by atoms with E-state index in [0.29, 0.717) is 30.2 Å². The van der Waals surface area contributed by atoms with Crippen molar-refractivity contribution < 1.29 is 23.8 Å². The van der Waals surface area contributed by atoms with Gasteiger partial charge in [-0.25, -0.2) is 0 Å². The first-order valence-electron chi connectivity index (χ1n) is 7.53. The van der Waals surface area contributed by atoms with Gasteiger partial charge < -0.3 is 24.3 Å². The van der Waals surface area contributed by atoms with Gasteiger partial charge in [-0.15, -0.1) is 0 Å². The van der Waals surface area contributed by atoms with E-state index in [2.05, 4.69) is 5.32 Å². The average molecular weight is 331 g/mol. The van der Waals surface area contributed by atoms with E-state index >= 15 is 0 Å². The van der Waals surface area contributed by atoms with Crippen LogP contribution in [-0.2, 0) is 4.79 Å². The van der Waals surface area contributed by atoms with Gasteiger partial charge in [0.2, 0.25) is 5.91 Å². The first-order chi connectivity index (χ1) is 11.6. The molecule has 1 heterocycles. The standard InChI is InChI=1S/C18H21NO5/c1-22-16-7-5-13(12-17(16)23-2)6-8-18(21)19-10-9-14(20)15-4-3-11-24-15/h3-8,11-12,14,20H,9-10H2,1-2H3,(H,19,21)/b8-6+. The number of rotatable bonds is 8. The molecule has 6 heteroatoms. The second-order valence-electron chi connectivity index (χ2n) is 5.06. The van der Waals surface area contributed by atoms with Crippen LogP contribution in [0.5, 0.6) is 11.5 Å². The van der Waals surface area contributed by atoms with Crippen LogP contribution in [0.2, 0.25) is 0 Å². The Bertz CT molecular complexity index is 679. The molecule has 1 unspecified atom stereocenters. The van der Waals surface area contributed by atoms with Gasteiger partial charge >= 0.3 is 0 Å². The van der Waals surface area contributed by atoms with Crippen LogP contribution in [0.1, 0.15) is 23.8 Å². The van der Waals surface area contributed by atoms with E-state index in [9.17, 15) is 9.90 Å². The molecule has 0 saturated carbocycles. The molecule has 0 aliphatic rings. The van der Waals surface area contributed by atoms with Gasteiger partial charge in [-0.2, -0.15) is 0 Å². The average Bonchev–Trinajstić information content (AvgIpc) is 3.14. The molecular formula is C18H21NO5. The van der Waals surface area contributed by atoms with Crippen molar-refractivity contribution in [2.75, 3.05) is 20.8 Å². The van der Waals surface area contributed by atoms with Crippen LogP contribution >= 0.6 is 0 Å². The minimum absolute atomic E-state index is 0.239. The maximum absolute atomic E-state index is 11.8. The molecule has 0 radical (unpaired) electrons. The number of ether oxygens (including phenoxy) is 2. The summed E-state index contributed by atoms with van der Waals surface area (Å²) in [7, 11) is 3.13. The highest BCUT2D eigenvalue weighted by molar-refractivity contribution is 5.91. The van der Waals surface area contributed by atoms with Crippen molar-refractivity contribution in [2.45, 2.75) is 12.5 Å². The number of hydrogen-bond donors (Lipinski definition) is 2. The number of carbonyl (C=O) groups is 1. The molecule has 24 heavy (non-hydrogen) atoms. The highest BCUT2D eigenvalue weighted by Gasteiger charge is 2.10. The Hall–Kier alpha value is -2.73. The van der Waals surface area contributed by atoms with Gasteiger partial charge in [0.15, 0.2) is 11.5 Å². The third-order valence-electron chi connectivity index (χ3n) is 3.42. The number of aliphatic hydroxyl groups is 1. The molecular weight excluding hydrogens is 310 g/mol. The predicted octanol–water partition coefficient (Wildman–Crippen LogP) is 2.55. The lowest BCUT2D eigenvalue weighted by atomic mass is 10.2. The zero-order chi connectivity index (χ0) is 17.4. The first kappa shape index (κ1) is 17.6. The molecule has 2 aromatic rings. The molecule has 1 atom stereocenters. The van der Waals surface area contributed by atoms with Gasteiger partial charge in [0.1, 0.15) is 11.9 Å². The van der Waals surface area contributed by atoms with Crippen molar-refractivity contribution in [3.8, 4) is 11.5 Å². The smallest absolute Gasteiger partial charge is 0.244 e. The lowest BCUT2D eigenvalue weighted by Crippen LogP contribution is -2.23. The Morgan fingerprint density at radius 3 is 2.75 bits per heavy atom. The van der Waals surface area contributed by atoms with Crippen molar-refractivity contribution in [3.05, 3.63) is 54.0 Å². The van der Waals surface area contributed by atoms with Crippen LogP contribution < -0.4 is 14.8 Å². The minimum atomic E-state index is -0.727. The van der Waals surface area contributed by atoms with Crippen LogP contribution in [-0.4, -0.2) is 31.8 Å². The Kier molecular flexibility index (Phi) is 6.45. The van der Waals surface area contributed by atoms with E-state index in [-0.39, 0.29) is 5.91 Å². The molecule has 6 nitrogen and oxygen atoms in total. The number of benzene rings is 1. The van der Waals surface area contributed by atoms with E-state index in [0.717, 1.165) is 5.56 Å². The van der Waals surface area contributed by atoms with Crippen molar-refractivity contribution in [2.24, 2.45) is 0 Å². The summed E-state index contributed by atoms with van der Waals surface area (Å²) in [6, 6.07) is 8.79. The van der Waals surface area contributed by atoms with Crippen molar-refractivity contribution in [3.63, 3.8) is 0 Å². The summed E-state index contributed by atoms with van der Waals surface area (Å²) >= 11 is 0. The summed E-state index contributed by atoms with van der Waals surface area (Å²) in [4.78, 5) is 11.8. The maximum atomic E-state index is 11.8. The fourth-order valence-electron chi connectivity index (χ4n) is 2.14. The van der Waals surface area contributed by atoms with Gasteiger partial charge in [-0.1, -0.05) is 6.07 Å². The highest BCUT2D eigenvalue weighted by atomic mass is 16.5. The van der Waals surface area contributed by atoms with Crippen molar-refractivity contribution >= 4 is 12.0 Å². The van der Waals surface area contributed by atoms with Gasteiger partial charge in [-0.05, 0) is 42.3 Å². The summed E-state index contributed by atoms with van der Waals surface area (Å²) in [6.07, 6.45) is 4.27. The molecule has 0 aliphatic heterocycles. The van der Waals surface area contributed by atoms with Crippen molar-refractivity contribution in [1.29, 1.82) is 0 Å². The summed E-state index contributed by atoms with van der Waals surface area (Å²) in [5.41, 5.74) is 0.818. The monoisotopic (exact) mass is 331 g/mol. The van der Waals surface area contributed by atoms with Gasteiger partial charge in [0, 0.05) is 12.6 Å².